The van der Waals surface area contributed by atoms with Crippen LogP contribution >= 0.6 is 0 Å². The number of hydrogen-bond donors (Lipinski definition) is 0. The van der Waals surface area contributed by atoms with Crippen molar-refractivity contribution in [2.75, 3.05) is 19.8 Å². The first-order valence-electron chi connectivity index (χ1n) is 9.95. The van der Waals surface area contributed by atoms with Gasteiger partial charge in [0.15, 0.2) is 0 Å². The molecule has 2 aromatic rings. The molecule has 0 N–H and O–H groups in total. The zero-order chi connectivity index (χ0) is 19.3. The molecule has 2 heterocycles. The highest BCUT2D eigenvalue weighted by Gasteiger charge is 2.35. The Morgan fingerprint density at radius 2 is 1.96 bits per heavy atom. The first-order valence-corrected chi connectivity index (χ1v) is 9.95. The normalized spacial score (nSPS) is 17.9. The third-order valence-electron chi connectivity index (χ3n) is 5.43. The van der Waals surface area contributed by atoms with Crippen LogP contribution in [0.5, 0.6) is 5.75 Å². The summed E-state index contributed by atoms with van der Waals surface area (Å²) in [6, 6.07) is 15.3. The Morgan fingerprint density at radius 3 is 2.82 bits per heavy atom. The number of rotatable bonds is 6. The maximum Gasteiger partial charge on any atom is 0.328 e. The summed E-state index contributed by atoms with van der Waals surface area (Å²) in [7, 11) is 0. The van der Waals surface area contributed by atoms with Crippen molar-refractivity contribution >= 4 is 11.9 Å². The van der Waals surface area contributed by atoms with Crippen molar-refractivity contribution in [3.63, 3.8) is 0 Å². The molecule has 146 valence electrons. The molecule has 5 nitrogen and oxygen atoms in total. The summed E-state index contributed by atoms with van der Waals surface area (Å²) in [6.45, 7) is 1.69. The van der Waals surface area contributed by atoms with E-state index in [2.05, 4.69) is 6.07 Å². The summed E-state index contributed by atoms with van der Waals surface area (Å²) >= 11 is 0. The van der Waals surface area contributed by atoms with Gasteiger partial charge in [0.2, 0.25) is 5.91 Å². The van der Waals surface area contributed by atoms with Gasteiger partial charge in [0.1, 0.15) is 11.8 Å². The van der Waals surface area contributed by atoms with Crippen LogP contribution in [0.3, 0.4) is 0 Å². The quantitative estimate of drug-likeness (QED) is 0.724. The lowest BCUT2D eigenvalue weighted by molar-refractivity contribution is -0.153. The molecule has 28 heavy (non-hydrogen) atoms. The highest BCUT2D eigenvalue weighted by molar-refractivity contribution is 5.86. The van der Waals surface area contributed by atoms with Crippen LogP contribution in [-0.2, 0) is 33.6 Å². The van der Waals surface area contributed by atoms with E-state index in [1.165, 1.54) is 5.56 Å². The second-order valence-electron chi connectivity index (χ2n) is 7.37. The third-order valence-corrected chi connectivity index (χ3v) is 5.43. The van der Waals surface area contributed by atoms with Gasteiger partial charge in [-0.05, 0) is 35.6 Å². The second-order valence-corrected chi connectivity index (χ2v) is 7.37. The molecule has 1 saturated heterocycles. The van der Waals surface area contributed by atoms with Crippen LogP contribution in [0.25, 0.3) is 0 Å². The van der Waals surface area contributed by atoms with Crippen LogP contribution < -0.4 is 4.74 Å². The Labute approximate surface area is 165 Å². The van der Waals surface area contributed by atoms with Gasteiger partial charge in [0.25, 0.3) is 0 Å². The van der Waals surface area contributed by atoms with Crippen LogP contribution in [0.4, 0.5) is 0 Å². The highest BCUT2D eigenvalue weighted by atomic mass is 16.5. The third kappa shape index (κ3) is 4.19. The summed E-state index contributed by atoms with van der Waals surface area (Å²) in [5.74, 6) is 0.659. The molecule has 0 spiro atoms. The standard InChI is InChI=1S/C23H25NO4/c25-22(16-17-5-2-1-3-6-17)24-12-4-7-20(24)23(26)28-13-10-18-8-9-21-19(15-18)11-14-27-21/h1-3,5-6,8-9,15,20H,4,7,10-14,16H2. The molecule has 1 amide bonds. The lowest BCUT2D eigenvalue weighted by atomic mass is 10.1. The number of amides is 1. The zero-order valence-corrected chi connectivity index (χ0v) is 15.9. The molecule has 0 aliphatic carbocycles. The molecule has 1 atom stereocenters. The average molecular weight is 379 g/mol. The molecule has 1 unspecified atom stereocenters. The van der Waals surface area contributed by atoms with Crippen LogP contribution in [0.1, 0.15) is 29.5 Å². The summed E-state index contributed by atoms with van der Waals surface area (Å²) in [4.78, 5) is 26.9. The van der Waals surface area contributed by atoms with E-state index >= 15 is 0 Å². The molecule has 0 bridgehead atoms. The fourth-order valence-corrected chi connectivity index (χ4v) is 3.94. The van der Waals surface area contributed by atoms with Crippen LogP contribution in [0, 0.1) is 0 Å². The van der Waals surface area contributed by atoms with Gasteiger partial charge in [-0.2, -0.15) is 0 Å². The Morgan fingerprint density at radius 1 is 1.11 bits per heavy atom. The number of nitrogens with zero attached hydrogens (tertiary/aromatic N) is 1. The number of fused-ring (bicyclic) bond motifs is 1. The number of carbonyl (C=O) groups is 2. The Balaban J connectivity index is 1.29. The minimum absolute atomic E-state index is 0.00993. The van der Waals surface area contributed by atoms with Crippen molar-refractivity contribution in [3.8, 4) is 5.75 Å². The Kier molecular flexibility index (Phi) is 5.60. The van der Waals surface area contributed by atoms with Crippen molar-refractivity contribution < 1.29 is 19.1 Å². The Hall–Kier alpha value is -2.82. The van der Waals surface area contributed by atoms with Crippen molar-refractivity contribution in [2.24, 2.45) is 0 Å². The van der Waals surface area contributed by atoms with E-state index in [-0.39, 0.29) is 11.9 Å². The van der Waals surface area contributed by atoms with Gasteiger partial charge in [0, 0.05) is 19.4 Å². The monoisotopic (exact) mass is 379 g/mol. The smallest absolute Gasteiger partial charge is 0.328 e. The van der Waals surface area contributed by atoms with E-state index in [1.54, 1.807) is 4.90 Å². The molecule has 2 aliphatic rings. The van der Waals surface area contributed by atoms with E-state index in [0.717, 1.165) is 36.3 Å². The summed E-state index contributed by atoms with van der Waals surface area (Å²) in [5.41, 5.74) is 3.32. The number of ether oxygens (including phenoxy) is 2. The lowest BCUT2D eigenvalue weighted by Crippen LogP contribution is -2.42. The molecular weight excluding hydrogens is 354 g/mol. The highest BCUT2D eigenvalue weighted by Crippen LogP contribution is 2.26. The van der Waals surface area contributed by atoms with E-state index in [1.807, 2.05) is 42.5 Å². The van der Waals surface area contributed by atoms with E-state index in [9.17, 15) is 9.59 Å². The van der Waals surface area contributed by atoms with Crippen molar-refractivity contribution in [3.05, 3.63) is 65.2 Å². The fourth-order valence-electron chi connectivity index (χ4n) is 3.94. The van der Waals surface area contributed by atoms with Crippen LogP contribution in [0.15, 0.2) is 48.5 Å². The lowest BCUT2D eigenvalue weighted by Gasteiger charge is -2.23. The van der Waals surface area contributed by atoms with Crippen molar-refractivity contribution in [1.29, 1.82) is 0 Å². The van der Waals surface area contributed by atoms with Gasteiger partial charge < -0.3 is 14.4 Å². The fraction of sp³-hybridized carbons (Fsp3) is 0.391. The summed E-state index contributed by atoms with van der Waals surface area (Å²) < 4.78 is 11.0. The van der Waals surface area contributed by atoms with E-state index < -0.39 is 6.04 Å². The van der Waals surface area contributed by atoms with Gasteiger partial charge in [-0.25, -0.2) is 4.79 Å². The van der Waals surface area contributed by atoms with Crippen LogP contribution in [0.2, 0.25) is 0 Å². The molecule has 2 aliphatic heterocycles. The minimum atomic E-state index is -0.454. The van der Waals surface area contributed by atoms with Gasteiger partial charge in [0.05, 0.1) is 19.6 Å². The van der Waals surface area contributed by atoms with Gasteiger partial charge in [-0.3, -0.25) is 4.79 Å². The molecule has 0 aromatic heterocycles. The topological polar surface area (TPSA) is 55.8 Å². The number of benzene rings is 2. The molecular formula is C23H25NO4. The predicted octanol–water partition coefficient (Wildman–Crippen LogP) is 2.94. The zero-order valence-electron chi connectivity index (χ0n) is 15.9. The van der Waals surface area contributed by atoms with E-state index in [4.69, 9.17) is 9.47 Å². The second kappa shape index (κ2) is 8.46. The maximum atomic E-state index is 12.6. The number of likely N-dealkylation sites (tertiary alicyclic amines) is 1. The molecule has 0 saturated carbocycles. The first-order chi connectivity index (χ1) is 13.7. The summed E-state index contributed by atoms with van der Waals surface area (Å²) in [6.07, 6.45) is 3.44. The largest absolute Gasteiger partial charge is 0.493 e. The van der Waals surface area contributed by atoms with Gasteiger partial charge >= 0.3 is 5.97 Å². The Bertz CT molecular complexity index is 849. The number of carbonyl (C=O) groups excluding carboxylic acids is 2. The molecule has 5 heteroatoms. The molecule has 1 fully saturated rings. The average Bonchev–Trinajstić information content (AvgIpc) is 3.38. The molecule has 0 radical (unpaired) electrons. The minimum Gasteiger partial charge on any atom is -0.493 e. The van der Waals surface area contributed by atoms with E-state index in [0.29, 0.717) is 32.4 Å². The first kappa shape index (κ1) is 18.5. The predicted molar refractivity (Wildman–Crippen MR) is 105 cm³/mol. The SMILES string of the molecule is O=C(OCCc1ccc2c(c1)CCO2)C1CCCN1C(=O)Cc1ccccc1. The number of esters is 1. The van der Waals surface area contributed by atoms with Crippen LogP contribution in [-0.4, -0.2) is 42.6 Å². The van der Waals surface area contributed by atoms with Gasteiger partial charge in [-0.1, -0.05) is 42.5 Å². The number of hydrogen-bond acceptors (Lipinski definition) is 4. The molecule has 2 aromatic carbocycles. The molecule has 4 rings (SSSR count). The summed E-state index contributed by atoms with van der Waals surface area (Å²) in [5, 5.41) is 0. The van der Waals surface area contributed by atoms with Crippen molar-refractivity contribution in [2.45, 2.75) is 38.1 Å². The maximum absolute atomic E-state index is 12.6. The van der Waals surface area contributed by atoms with Crippen molar-refractivity contribution in [1.82, 2.24) is 4.90 Å². The van der Waals surface area contributed by atoms with Gasteiger partial charge in [-0.15, -0.1) is 0 Å².